The van der Waals surface area contributed by atoms with E-state index in [2.05, 4.69) is 20.9 Å². The number of aryl methyl sites for hydroxylation is 1. The molecule has 174 valence electrons. The number of nitrogens with zero attached hydrogens (tertiary/aromatic N) is 4. The van der Waals surface area contributed by atoms with Gasteiger partial charge in [-0.1, -0.05) is 36.4 Å². The monoisotopic (exact) mass is 448 g/mol. The van der Waals surface area contributed by atoms with Crippen LogP contribution in [0.4, 0.5) is 16.3 Å². The molecular formula is C25H32N6O2. The van der Waals surface area contributed by atoms with Crippen molar-refractivity contribution in [3.8, 4) is 0 Å². The maximum absolute atomic E-state index is 12.4. The summed E-state index contributed by atoms with van der Waals surface area (Å²) >= 11 is 0. The van der Waals surface area contributed by atoms with Crippen molar-refractivity contribution in [2.24, 2.45) is 0 Å². The predicted octanol–water partition coefficient (Wildman–Crippen LogP) is 4.23. The van der Waals surface area contributed by atoms with Crippen LogP contribution in [0.1, 0.15) is 20.1 Å². The number of urea groups is 1. The molecule has 8 heteroatoms. The van der Waals surface area contributed by atoms with E-state index in [4.69, 9.17) is 15.5 Å². The lowest BCUT2D eigenvalue weighted by Crippen LogP contribution is -2.37. The zero-order valence-corrected chi connectivity index (χ0v) is 19.1. The third kappa shape index (κ3) is 4.90. The largest absolute Gasteiger partial charge is 0.384 e. The lowest BCUT2D eigenvalue weighted by atomic mass is 10.2. The second-order valence-electron chi connectivity index (χ2n) is 7.97. The Kier molecular flexibility index (Phi) is 7.04. The van der Waals surface area contributed by atoms with Gasteiger partial charge in [-0.3, -0.25) is 4.90 Å². The molecule has 2 aromatic carbocycles. The average molecular weight is 449 g/mol. The summed E-state index contributed by atoms with van der Waals surface area (Å²) in [5.41, 5.74) is 9.72. The normalized spacial score (nSPS) is 11.2. The van der Waals surface area contributed by atoms with Crippen LogP contribution in [-0.4, -0.2) is 47.9 Å². The first-order valence-corrected chi connectivity index (χ1v) is 11.2. The summed E-state index contributed by atoms with van der Waals surface area (Å²) in [7, 11) is 3.46. The summed E-state index contributed by atoms with van der Waals surface area (Å²) in [6, 6.07) is 17.5. The zero-order valence-electron chi connectivity index (χ0n) is 19.1. The first-order valence-electron chi connectivity index (χ1n) is 11.2. The molecule has 0 radical (unpaired) electrons. The number of unbranched alkanes of at least 4 members (excludes halogenated alkanes) is 1. The number of anilines is 2. The molecule has 33 heavy (non-hydrogen) atoms. The smallest absolute Gasteiger partial charge is 0.321 e. The second-order valence-corrected chi connectivity index (χ2v) is 7.97. The van der Waals surface area contributed by atoms with Gasteiger partial charge in [0.25, 0.3) is 0 Å². The number of methoxy groups -OCH3 is 1. The highest BCUT2D eigenvalue weighted by molar-refractivity contribution is 6.06. The standard InChI is InChI=1S/C25H30N6O2.H2/c1-30(18-10-4-3-5-11-18)25(32)27-15-8-9-16-31-21(14-17-33-2)29-22-23(31)19-12-6-7-13-20(19)28-24(22)26;/h3-7,10-13H,8-9,14-17H2,1-2H3,(H2,26,28)(H,27,32);1H. The second kappa shape index (κ2) is 10.3. The van der Waals surface area contributed by atoms with Crippen LogP contribution in [0, 0.1) is 0 Å². The number of imidazole rings is 1. The molecule has 0 atom stereocenters. The Bertz CT molecular complexity index is 1240. The van der Waals surface area contributed by atoms with Crippen LogP contribution in [0.25, 0.3) is 21.9 Å². The van der Waals surface area contributed by atoms with Crippen molar-refractivity contribution < 1.29 is 11.0 Å². The van der Waals surface area contributed by atoms with Crippen molar-refractivity contribution in [3.05, 3.63) is 60.4 Å². The van der Waals surface area contributed by atoms with Crippen LogP contribution >= 0.6 is 0 Å². The Morgan fingerprint density at radius 1 is 1.12 bits per heavy atom. The Morgan fingerprint density at radius 2 is 1.88 bits per heavy atom. The van der Waals surface area contributed by atoms with E-state index in [1.807, 2.05) is 48.5 Å². The van der Waals surface area contributed by atoms with E-state index in [9.17, 15) is 4.79 Å². The fourth-order valence-corrected chi connectivity index (χ4v) is 4.01. The maximum atomic E-state index is 12.4. The molecule has 3 N–H and O–H groups in total. The quantitative estimate of drug-likeness (QED) is 0.374. The molecule has 0 spiro atoms. The fourth-order valence-electron chi connectivity index (χ4n) is 4.01. The number of hydrogen-bond donors (Lipinski definition) is 2. The van der Waals surface area contributed by atoms with Gasteiger partial charge in [0.1, 0.15) is 11.3 Å². The number of aromatic nitrogens is 3. The lowest BCUT2D eigenvalue weighted by molar-refractivity contribution is 0.199. The highest BCUT2D eigenvalue weighted by Gasteiger charge is 2.17. The Morgan fingerprint density at radius 3 is 2.67 bits per heavy atom. The molecule has 0 unspecified atom stereocenters. The number of nitrogen functional groups attached to an aromatic ring is 1. The van der Waals surface area contributed by atoms with E-state index >= 15 is 0 Å². The summed E-state index contributed by atoms with van der Waals surface area (Å²) in [6.07, 6.45) is 2.42. The number of ether oxygens (including phenoxy) is 1. The van der Waals surface area contributed by atoms with Crippen molar-refractivity contribution in [3.63, 3.8) is 0 Å². The Hall–Kier alpha value is -3.65. The van der Waals surface area contributed by atoms with Crippen molar-refractivity contribution in [1.82, 2.24) is 19.9 Å². The molecule has 8 nitrogen and oxygen atoms in total. The zero-order chi connectivity index (χ0) is 23.2. The number of hydrogen-bond acceptors (Lipinski definition) is 5. The fraction of sp³-hybridized carbons (Fsp3) is 0.320. The van der Waals surface area contributed by atoms with Crippen LogP contribution in [0.5, 0.6) is 0 Å². The minimum Gasteiger partial charge on any atom is -0.384 e. The van der Waals surface area contributed by atoms with Crippen LogP contribution in [0.15, 0.2) is 54.6 Å². The van der Waals surface area contributed by atoms with Gasteiger partial charge in [-0.15, -0.1) is 0 Å². The molecule has 2 amide bonds. The van der Waals surface area contributed by atoms with Gasteiger partial charge < -0.3 is 20.4 Å². The maximum Gasteiger partial charge on any atom is 0.321 e. The van der Waals surface area contributed by atoms with Gasteiger partial charge in [-0.2, -0.15) is 0 Å². The van der Waals surface area contributed by atoms with E-state index < -0.39 is 0 Å². The third-order valence-corrected chi connectivity index (χ3v) is 5.75. The molecule has 0 fully saturated rings. The Balaban J connectivity index is 0.00000324. The third-order valence-electron chi connectivity index (χ3n) is 5.75. The molecule has 0 saturated carbocycles. The van der Waals surface area contributed by atoms with Crippen LogP contribution in [0.2, 0.25) is 0 Å². The van der Waals surface area contributed by atoms with Crippen molar-refractivity contribution in [2.75, 3.05) is 37.9 Å². The molecular weight excluding hydrogens is 416 g/mol. The number of benzene rings is 2. The first kappa shape index (κ1) is 22.5. The van der Waals surface area contributed by atoms with Crippen LogP contribution in [-0.2, 0) is 17.7 Å². The minimum atomic E-state index is -0.111. The predicted molar refractivity (Wildman–Crippen MR) is 135 cm³/mol. The summed E-state index contributed by atoms with van der Waals surface area (Å²) in [4.78, 5) is 23.4. The molecule has 0 aliphatic heterocycles. The molecule has 4 aromatic rings. The van der Waals surface area contributed by atoms with Crippen LogP contribution in [0.3, 0.4) is 0 Å². The molecule has 0 aliphatic rings. The number of carbonyl (C=O) groups excluding carboxylic acids is 1. The SMILES string of the molecule is COCCc1nc2c(N)nc3ccccc3c2n1CCCCNC(=O)N(C)c1ccccc1.[HH]. The summed E-state index contributed by atoms with van der Waals surface area (Å²) in [6.45, 7) is 1.95. The minimum absolute atomic E-state index is 0. The molecule has 0 bridgehead atoms. The number of nitrogens with two attached hydrogens (primary N) is 1. The molecule has 2 aromatic heterocycles. The van der Waals surface area contributed by atoms with Gasteiger partial charge >= 0.3 is 6.03 Å². The van der Waals surface area contributed by atoms with Gasteiger partial charge in [-0.25, -0.2) is 14.8 Å². The number of carbonyl (C=O) groups is 1. The van der Waals surface area contributed by atoms with Crippen molar-refractivity contribution >= 4 is 39.5 Å². The molecule has 2 heterocycles. The summed E-state index contributed by atoms with van der Waals surface area (Å²) in [5.74, 6) is 1.38. The topological polar surface area (TPSA) is 98.3 Å². The van der Waals surface area contributed by atoms with Gasteiger partial charge in [0.15, 0.2) is 5.82 Å². The molecule has 0 aliphatic carbocycles. The number of amides is 2. The van der Waals surface area contributed by atoms with E-state index in [-0.39, 0.29) is 7.46 Å². The number of para-hydroxylation sites is 2. The number of rotatable bonds is 9. The van der Waals surface area contributed by atoms with Gasteiger partial charge in [0.05, 0.1) is 17.6 Å². The highest BCUT2D eigenvalue weighted by Crippen LogP contribution is 2.29. The summed E-state index contributed by atoms with van der Waals surface area (Å²) in [5, 5.41) is 4.04. The van der Waals surface area contributed by atoms with E-state index in [1.165, 1.54) is 0 Å². The number of nitrogens with one attached hydrogen (secondary N) is 1. The highest BCUT2D eigenvalue weighted by atomic mass is 16.5. The van der Waals surface area contributed by atoms with E-state index in [0.29, 0.717) is 25.4 Å². The lowest BCUT2D eigenvalue weighted by Gasteiger charge is -2.18. The summed E-state index contributed by atoms with van der Waals surface area (Å²) < 4.78 is 7.52. The van der Waals surface area contributed by atoms with Gasteiger partial charge in [0.2, 0.25) is 0 Å². The Labute approximate surface area is 194 Å². The average Bonchev–Trinajstić information content (AvgIpc) is 3.21. The van der Waals surface area contributed by atoms with Gasteiger partial charge in [-0.05, 0) is 31.0 Å². The molecule has 0 saturated heterocycles. The van der Waals surface area contributed by atoms with Gasteiger partial charge in [0, 0.05) is 46.2 Å². The van der Waals surface area contributed by atoms with Crippen LogP contribution < -0.4 is 16.0 Å². The number of fused-ring (bicyclic) bond motifs is 3. The van der Waals surface area contributed by atoms with Crippen molar-refractivity contribution in [2.45, 2.75) is 25.8 Å². The first-order chi connectivity index (χ1) is 16.1. The van der Waals surface area contributed by atoms with E-state index in [1.54, 1.807) is 19.1 Å². The van der Waals surface area contributed by atoms with E-state index in [0.717, 1.165) is 52.8 Å². The van der Waals surface area contributed by atoms with Crippen molar-refractivity contribution in [1.29, 1.82) is 0 Å². The molecule has 4 rings (SSSR count). The number of pyridine rings is 1.